The van der Waals surface area contributed by atoms with Crippen molar-refractivity contribution in [1.29, 1.82) is 0 Å². The van der Waals surface area contributed by atoms with Crippen molar-refractivity contribution in [2.75, 3.05) is 24.7 Å². The molecule has 0 saturated heterocycles. The fourth-order valence-corrected chi connectivity index (χ4v) is 2.65. The van der Waals surface area contributed by atoms with Gasteiger partial charge in [-0.2, -0.15) is 0 Å². The summed E-state index contributed by atoms with van der Waals surface area (Å²) in [6.45, 7) is 6.68. The minimum atomic E-state index is -2.92. The molecule has 0 atom stereocenters. The van der Waals surface area contributed by atoms with Crippen molar-refractivity contribution < 1.29 is 17.9 Å². The third-order valence-electron chi connectivity index (χ3n) is 1.88. The molecular formula is C10H22O4S. The molecule has 0 rings (SSSR count). The molecule has 0 aliphatic heterocycles. The van der Waals surface area contributed by atoms with E-state index < -0.39 is 9.84 Å². The lowest BCUT2D eigenvalue weighted by molar-refractivity contribution is -0.136. The van der Waals surface area contributed by atoms with Gasteiger partial charge in [0, 0.05) is 25.4 Å². The molecule has 0 aliphatic carbocycles. The summed E-state index contributed by atoms with van der Waals surface area (Å²) in [5, 5.41) is 0. The Morgan fingerprint density at radius 3 is 1.93 bits per heavy atom. The van der Waals surface area contributed by atoms with Gasteiger partial charge in [0.1, 0.15) is 0 Å². The molecule has 0 saturated carbocycles. The lowest BCUT2D eigenvalue weighted by atomic mass is 10.5. The lowest BCUT2D eigenvalue weighted by Gasteiger charge is -2.16. The van der Waals surface area contributed by atoms with Gasteiger partial charge in [-0.15, -0.1) is 0 Å². The standard InChI is InChI=1S/C10H22O4S/c1-4-8-15(11,12)9-7-10(13-5-2)14-6-3/h10H,4-9H2,1-3H3. The number of hydrogen-bond donors (Lipinski definition) is 0. The zero-order valence-corrected chi connectivity index (χ0v) is 10.7. The quantitative estimate of drug-likeness (QED) is 0.573. The molecule has 0 aromatic rings. The van der Waals surface area contributed by atoms with Crippen molar-refractivity contribution in [3.8, 4) is 0 Å². The summed E-state index contributed by atoms with van der Waals surface area (Å²) in [6.07, 6.45) is 0.701. The Morgan fingerprint density at radius 2 is 1.53 bits per heavy atom. The molecule has 0 fully saturated rings. The second kappa shape index (κ2) is 8.07. The van der Waals surface area contributed by atoms with Crippen LogP contribution in [0, 0.1) is 0 Å². The monoisotopic (exact) mass is 238 g/mol. The Labute approximate surface area is 92.9 Å². The van der Waals surface area contributed by atoms with Gasteiger partial charge in [-0.3, -0.25) is 0 Å². The van der Waals surface area contributed by atoms with Crippen molar-refractivity contribution in [3.63, 3.8) is 0 Å². The van der Waals surface area contributed by atoms with Crippen LogP contribution in [0.5, 0.6) is 0 Å². The van der Waals surface area contributed by atoms with Crippen molar-refractivity contribution in [3.05, 3.63) is 0 Å². The maximum absolute atomic E-state index is 11.4. The first-order valence-electron chi connectivity index (χ1n) is 5.49. The molecule has 0 aromatic heterocycles. The molecule has 0 N–H and O–H groups in total. The van der Waals surface area contributed by atoms with E-state index in [-0.39, 0.29) is 17.8 Å². The molecule has 0 unspecified atom stereocenters. The van der Waals surface area contributed by atoms with E-state index in [1.54, 1.807) is 0 Å². The van der Waals surface area contributed by atoms with Crippen molar-refractivity contribution in [1.82, 2.24) is 0 Å². The first-order valence-corrected chi connectivity index (χ1v) is 7.31. The average Bonchev–Trinajstić information content (AvgIpc) is 2.15. The molecule has 92 valence electrons. The average molecular weight is 238 g/mol. The van der Waals surface area contributed by atoms with E-state index in [2.05, 4.69) is 0 Å². The number of ether oxygens (including phenoxy) is 2. The first-order chi connectivity index (χ1) is 7.05. The third-order valence-corrected chi connectivity index (χ3v) is 3.77. The molecule has 0 spiro atoms. The second-order valence-corrected chi connectivity index (χ2v) is 5.58. The van der Waals surface area contributed by atoms with Crippen LogP contribution in [0.4, 0.5) is 0 Å². The summed E-state index contributed by atoms with van der Waals surface area (Å²) in [7, 11) is -2.92. The van der Waals surface area contributed by atoms with Crippen molar-refractivity contribution in [2.45, 2.75) is 39.9 Å². The van der Waals surface area contributed by atoms with E-state index in [1.807, 2.05) is 20.8 Å². The van der Waals surface area contributed by atoms with E-state index in [4.69, 9.17) is 9.47 Å². The molecule has 4 nitrogen and oxygen atoms in total. The Bertz CT molecular complexity index is 230. The van der Waals surface area contributed by atoms with Gasteiger partial charge in [0.25, 0.3) is 0 Å². The second-order valence-electron chi connectivity index (χ2n) is 3.28. The van der Waals surface area contributed by atoms with Crippen LogP contribution in [0.25, 0.3) is 0 Å². The van der Waals surface area contributed by atoms with Crippen LogP contribution in [0.3, 0.4) is 0 Å². The maximum atomic E-state index is 11.4. The molecular weight excluding hydrogens is 216 g/mol. The van der Waals surface area contributed by atoms with Crippen LogP contribution in [0.2, 0.25) is 0 Å². The predicted octanol–water partition coefficient (Wildman–Crippen LogP) is 1.60. The molecule has 15 heavy (non-hydrogen) atoms. The topological polar surface area (TPSA) is 52.6 Å². The van der Waals surface area contributed by atoms with Crippen LogP contribution in [0.15, 0.2) is 0 Å². The highest BCUT2D eigenvalue weighted by Gasteiger charge is 2.14. The van der Waals surface area contributed by atoms with Crippen LogP contribution >= 0.6 is 0 Å². The van der Waals surface area contributed by atoms with Crippen molar-refractivity contribution >= 4 is 9.84 Å². The summed E-state index contributed by atoms with van der Waals surface area (Å²) < 4.78 is 33.4. The Morgan fingerprint density at radius 1 is 1.00 bits per heavy atom. The largest absolute Gasteiger partial charge is 0.353 e. The number of sulfone groups is 1. The normalized spacial score (nSPS) is 12.3. The highest BCUT2D eigenvalue weighted by molar-refractivity contribution is 7.91. The summed E-state index contributed by atoms with van der Waals surface area (Å²) in [6, 6.07) is 0. The zero-order chi connectivity index (χ0) is 11.7. The third kappa shape index (κ3) is 7.76. The molecule has 0 radical (unpaired) electrons. The lowest BCUT2D eigenvalue weighted by Crippen LogP contribution is -2.22. The van der Waals surface area contributed by atoms with Gasteiger partial charge >= 0.3 is 0 Å². The molecule has 5 heteroatoms. The highest BCUT2D eigenvalue weighted by atomic mass is 32.2. The van der Waals surface area contributed by atoms with Crippen LogP contribution in [0.1, 0.15) is 33.6 Å². The predicted molar refractivity (Wildman–Crippen MR) is 60.6 cm³/mol. The van der Waals surface area contributed by atoms with Gasteiger partial charge in [-0.25, -0.2) is 8.42 Å². The van der Waals surface area contributed by atoms with Gasteiger partial charge in [-0.1, -0.05) is 6.92 Å². The van der Waals surface area contributed by atoms with Gasteiger partial charge in [0.05, 0.1) is 5.75 Å². The summed E-state index contributed by atoms with van der Waals surface area (Å²) in [5.41, 5.74) is 0. The minimum absolute atomic E-state index is 0.144. The number of hydrogen-bond acceptors (Lipinski definition) is 4. The summed E-state index contributed by atoms with van der Waals surface area (Å²) in [5.74, 6) is 0.392. The number of rotatable bonds is 9. The molecule has 0 aliphatic rings. The minimum Gasteiger partial charge on any atom is -0.353 e. The fraction of sp³-hybridized carbons (Fsp3) is 1.00. The van der Waals surface area contributed by atoms with Crippen LogP contribution in [-0.4, -0.2) is 39.4 Å². The van der Waals surface area contributed by atoms with E-state index in [1.165, 1.54) is 0 Å². The van der Waals surface area contributed by atoms with E-state index in [0.717, 1.165) is 0 Å². The van der Waals surface area contributed by atoms with Gasteiger partial charge in [0.2, 0.25) is 0 Å². The molecule has 0 bridgehead atoms. The van der Waals surface area contributed by atoms with E-state index in [0.29, 0.717) is 26.1 Å². The Hall–Kier alpha value is -0.130. The van der Waals surface area contributed by atoms with Crippen LogP contribution in [-0.2, 0) is 19.3 Å². The maximum Gasteiger partial charge on any atom is 0.158 e. The molecule has 0 aromatic carbocycles. The van der Waals surface area contributed by atoms with Gasteiger partial charge < -0.3 is 9.47 Å². The smallest absolute Gasteiger partial charge is 0.158 e. The van der Waals surface area contributed by atoms with E-state index >= 15 is 0 Å². The molecule has 0 amide bonds. The van der Waals surface area contributed by atoms with Crippen molar-refractivity contribution in [2.24, 2.45) is 0 Å². The van der Waals surface area contributed by atoms with E-state index in [9.17, 15) is 8.42 Å². The summed E-state index contributed by atoms with van der Waals surface area (Å²) >= 11 is 0. The van der Waals surface area contributed by atoms with Gasteiger partial charge in [-0.05, 0) is 20.3 Å². The SMILES string of the molecule is CCCS(=O)(=O)CCC(OCC)OCC. The van der Waals surface area contributed by atoms with Gasteiger partial charge in [0.15, 0.2) is 16.1 Å². The summed E-state index contributed by atoms with van der Waals surface area (Å²) in [4.78, 5) is 0. The highest BCUT2D eigenvalue weighted by Crippen LogP contribution is 2.05. The Balaban J connectivity index is 3.97. The fourth-order valence-electron chi connectivity index (χ4n) is 1.28. The molecule has 0 heterocycles. The Kier molecular flexibility index (Phi) is 8.00. The van der Waals surface area contributed by atoms with Crippen LogP contribution < -0.4 is 0 Å². The zero-order valence-electron chi connectivity index (χ0n) is 9.86. The first kappa shape index (κ1) is 14.9.